The number of hydrogen-bond donors (Lipinski definition) is 0. The van der Waals surface area contributed by atoms with Crippen LogP contribution in [0.4, 0.5) is 0 Å². The molecule has 14 heavy (non-hydrogen) atoms. The fourth-order valence-corrected chi connectivity index (χ4v) is 1.08. The van der Waals surface area contributed by atoms with E-state index in [1.165, 1.54) is 4.90 Å². The maximum Gasteiger partial charge on any atom is 0.292 e. The number of carbonyl (C=O) groups is 1. The number of aryl methyl sites for hydroxylation is 2. The second kappa shape index (κ2) is 3.92. The van der Waals surface area contributed by atoms with E-state index in [1.807, 2.05) is 6.07 Å². The third-order valence-electron chi connectivity index (χ3n) is 1.75. The lowest BCUT2D eigenvalue weighted by Gasteiger charge is -2.10. The summed E-state index contributed by atoms with van der Waals surface area (Å²) in [5, 5.41) is 8.42. The summed E-state index contributed by atoms with van der Waals surface area (Å²) in [4.78, 5) is 16.9. The summed E-state index contributed by atoms with van der Waals surface area (Å²) in [6.45, 7) is 3.41. The van der Waals surface area contributed by atoms with Crippen LogP contribution in [0.2, 0.25) is 0 Å². The zero-order chi connectivity index (χ0) is 10.7. The van der Waals surface area contributed by atoms with Crippen LogP contribution in [0, 0.1) is 25.2 Å². The van der Waals surface area contributed by atoms with Crippen LogP contribution >= 0.6 is 0 Å². The van der Waals surface area contributed by atoms with E-state index in [4.69, 9.17) is 9.68 Å². The van der Waals surface area contributed by atoms with Crippen LogP contribution in [0.15, 0.2) is 4.42 Å². The van der Waals surface area contributed by atoms with Crippen molar-refractivity contribution < 1.29 is 9.21 Å². The first-order valence-electron chi connectivity index (χ1n) is 4.12. The lowest BCUT2D eigenvalue weighted by Crippen LogP contribution is -2.27. The minimum absolute atomic E-state index is 0.0397. The van der Waals surface area contributed by atoms with E-state index in [-0.39, 0.29) is 18.2 Å². The van der Waals surface area contributed by atoms with Gasteiger partial charge >= 0.3 is 0 Å². The summed E-state index contributed by atoms with van der Waals surface area (Å²) in [6, 6.07) is 1.89. The molecule has 0 atom stereocenters. The molecule has 0 spiro atoms. The zero-order valence-electron chi connectivity index (χ0n) is 8.37. The van der Waals surface area contributed by atoms with Gasteiger partial charge in [-0.1, -0.05) is 0 Å². The van der Waals surface area contributed by atoms with Gasteiger partial charge in [-0.3, -0.25) is 4.79 Å². The fourth-order valence-electron chi connectivity index (χ4n) is 1.08. The normalized spacial score (nSPS) is 9.57. The molecule has 5 nitrogen and oxygen atoms in total. The highest BCUT2D eigenvalue weighted by Gasteiger charge is 2.19. The molecule has 0 aliphatic carbocycles. The van der Waals surface area contributed by atoms with Gasteiger partial charge in [0.2, 0.25) is 5.76 Å². The Morgan fingerprint density at radius 2 is 2.29 bits per heavy atom. The monoisotopic (exact) mass is 193 g/mol. The Kier molecular flexibility index (Phi) is 2.87. The van der Waals surface area contributed by atoms with Crippen molar-refractivity contribution in [2.45, 2.75) is 13.8 Å². The van der Waals surface area contributed by atoms with Crippen molar-refractivity contribution >= 4 is 5.91 Å². The van der Waals surface area contributed by atoms with Crippen LogP contribution in [0.5, 0.6) is 0 Å². The van der Waals surface area contributed by atoms with Gasteiger partial charge in [0.15, 0.2) is 5.89 Å². The van der Waals surface area contributed by atoms with Crippen molar-refractivity contribution in [2.75, 3.05) is 13.6 Å². The van der Waals surface area contributed by atoms with Gasteiger partial charge in [-0.25, -0.2) is 4.98 Å². The van der Waals surface area contributed by atoms with Crippen LogP contribution in [-0.2, 0) is 0 Å². The first-order chi connectivity index (χ1) is 6.56. The van der Waals surface area contributed by atoms with Crippen molar-refractivity contribution in [3.63, 3.8) is 0 Å². The molecule has 0 unspecified atom stereocenters. The largest absolute Gasteiger partial charge is 0.436 e. The van der Waals surface area contributed by atoms with Crippen LogP contribution < -0.4 is 0 Å². The highest BCUT2D eigenvalue weighted by atomic mass is 16.4. The molecule has 1 amide bonds. The number of nitriles is 1. The van der Waals surface area contributed by atoms with E-state index in [2.05, 4.69) is 4.98 Å². The molecule has 0 saturated carbocycles. The average Bonchev–Trinajstić information content (AvgIpc) is 2.44. The molecule has 74 valence electrons. The smallest absolute Gasteiger partial charge is 0.292 e. The fraction of sp³-hybridized carbons (Fsp3) is 0.444. The van der Waals surface area contributed by atoms with E-state index >= 15 is 0 Å². The Morgan fingerprint density at radius 1 is 1.64 bits per heavy atom. The maximum absolute atomic E-state index is 11.6. The Labute approximate surface area is 81.9 Å². The standard InChI is InChI=1S/C9H11N3O2/c1-6-8(14-7(2)11-6)9(13)12(3)5-4-10/h5H2,1-3H3. The molecule has 0 aliphatic rings. The molecule has 1 aromatic heterocycles. The number of amides is 1. The zero-order valence-corrected chi connectivity index (χ0v) is 8.37. The Hall–Kier alpha value is -1.83. The molecular formula is C9H11N3O2. The molecule has 0 fully saturated rings. The Balaban J connectivity index is 2.90. The molecule has 0 bridgehead atoms. The van der Waals surface area contributed by atoms with Crippen molar-refractivity contribution in [3.8, 4) is 6.07 Å². The van der Waals surface area contributed by atoms with Crippen molar-refractivity contribution in [2.24, 2.45) is 0 Å². The predicted molar refractivity (Wildman–Crippen MR) is 48.6 cm³/mol. The van der Waals surface area contributed by atoms with Gasteiger partial charge in [0, 0.05) is 14.0 Å². The second-order valence-electron chi connectivity index (χ2n) is 2.97. The summed E-state index contributed by atoms with van der Waals surface area (Å²) in [6.07, 6.45) is 0. The third-order valence-corrected chi connectivity index (χ3v) is 1.75. The van der Waals surface area contributed by atoms with Gasteiger partial charge < -0.3 is 9.32 Å². The van der Waals surface area contributed by atoms with E-state index in [0.717, 1.165) is 0 Å². The van der Waals surface area contributed by atoms with E-state index < -0.39 is 0 Å². The minimum Gasteiger partial charge on any atom is -0.436 e. The Morgan fingerprint density at radius 3 is 2.71 bits per heavy atom. The summed E-state index contributed by atoms with van der Waals surface area (Å²) >= 11 is 0. The van der Waals surface area contributed by atoms with E-state index in [9.17, 15) is 4.79 Å². The van der Waals surface area contributed by atoms with Crippen LogP contribution in [0.25, 0.3) is 0 Å². The SMILES string of the molecule is Cc1nc(C)c(C(=O)N(C)CC#N)o1. The summed E-state index contributed by atoms with van der Waals surface area (Å²) in [7, 11) is 1.54. The molecule has 1 rings (SSSR count). The number of aromatic nitrogens is 1. The van der Waals surface area contributed by atoms with Crippen molar-refractivity contribution in [1.82, 2.24) is 9.88 Å². The van der Waals surface area contributed by atoms with Crippen LogP contribution in [-0.4, -0.2) is 29.4 Å². The quantitative estimate of drug-likeness (QED) is 0.654. The molecule has 5 heteroatoms. The van der Waals surface area contributed by atoms with Crippen molar-refractivity contribution in [3.05, 3.63) is 17.3 Å². The molecule has 1 aromatic rings. The molecule has 0 aliphatic heterocycles. The third kappa shape index (κ3) is 1.91. The van der Waals surface area contributed by atoms with Crippen LogP contribution in [0.1, 0.15) is 22.1 Å². The number of carbonyl (C=O) groups excluding carboxylic acids is 1. The van der Waals surface area contributed by atoms with Crippen molar-refractivity contribution in [1.29, 1.82) is 5.26 Å². The average molecular weight is 193 g/mol. The highest BCUT2D eigenvalue weighted by Crippen LogP contribution is 2.11. The van der Waals surface area contributed by atoms with Gasteiger partial charge in [-0.2, -0.15) is 5.26 Å². The maximum atomic E-state index is 11.6. The summed E-state index contributed by atoms with van der Waals surface area (Å²) in [5.74, 6) is 0.348. The molecule has 0 saturated heterocycles. The van der Waals surface area contributed by atoms with E-state index in [1.54, 1.807) is 20.9 Å². The molecule has 0 N–H and O–H groups in total. The van der Waals surface area contributed by atoms with E-state index in [0.29, 0.717) is 11.6 Å². The molecule has 1 heterocycles. The highest BCUT2D eigenvalue weighted by molar-refractivity contribution is 5.92. The molecular weight excluding hydrogens is 182 g/mol. The lowest BCUT2D eigenvalue weighted by atomic mass is 10.3. The molecule has 0 aromatic carbocycles. The van der Waals surface area contributed by atoms with Gasteiger partial charge in [0.25, 0.3) is 5.91 Å². The van der Waals surface area contributed by atoms with Gasteiger partial charge in [0.05, 0.1) is 11.8 Å². The first-order valence-corrected chi connectivity index (χ1v) is 4.12. The van der Waals surface area contributed by atoms with Gasteiger partial charge in [0.1, 0.15) is 6.54 Å². The van der Waals surface area contributed by atoms with Crippen LogP contribution in [0.3, 0.4) is 0 Å². The lowest BCUT2D eigenvalue weighted by molar-refractivity contribution is 0.0778. The number of nitrogens with zero attached hydrogens (tertiary/aromatic N) is 3. The summed E-state index contributed by atoms with van der Waals surface area (Å²) < 4.78 is 5.13. The molecule has 0 radical (unpaired) electrons. The number of rotatable bonds is 2. The predicted octanol–water partition coefficient (Wildman–Crippen LogP) is 0.887. The second-order valence-corrected chi connectivity index (χ2v) is 2.97. The topological polar surface area (TPSA) is 70.1 Å². The minimum atomic E-state index is -0.315. The first kappa shape index (κ1) is 10.3. The van der Waals surface area contributed by atoms with Gasteiger partial charge in [-0.05, 0) is 6.92 Å². The van der Waals surface area contributed by atoms with Gasteiger partial charge in [-0.15, -0.1) is 0 Å². The summed E-state index contributed by atoms with van der Waals surface area (Å²) in [5.41, 5.74) is 0.553. The number of hydrogen-bond acceptors (Lipinski definition) is 4. The Bertz CT molecular complexity index is 389. The number of oxazole rings is 1.